The normalized spacial score (nSPS) is 13.2. The topological polar surface area (TPSA) is 107 Å². The predicted molar refractivity (Wildman–Crippen MR) is 44.3 cm³/mol. The van der Waals surface area contributed by atoms with Crippen molar-refractivity contribution in [1.82, 2.24) is 4.72 Å². The van der Waals surface area contributed by atoms with Gasteiger partial charge in [0.25, 0.3) is 0 Å². The van der Waals surface area contributed by atoms with Gasteiger partial charge in [0.2, 0.25) is 10.0 Å². The molecular formula is C6H10N2O4S. The fourth-order valence-corrected chi connectivity index (χ4v) is 1.61. The first-order valence-corrected chi connectivity index (χ1v) is 5.18. The Hall–Kier alpha value is -1.13. The third-order valence-corrected chi connectivity index (χ3v) is 2.44. The number of nitrogens with one attached hydrogen (secondary N) is 1. The number of hydrogen-bond acceptors (Lipinski definition) is 4. The highest BCUT2D eigenvalue weighted by atomic mass is 32.2. The minimum atomic E-state index is -3.78. The number of hydrogen-bond donors (Lipinski definition) is 2. The number of carboxylic acids is 1. The van der Waals surface area contributed by atoms with Gasteiger partial charge in [-0.3, -0.25) is 4.79 Å². The van der Waals surface area contributed by atoms with Crippen LogP contribution in [0.3, 0.4) is 0 Å². The number of nitrogens with zero attached hydrogens (tertiary/aromatic N) is 1. The van der Waals surface area contributed by atoms with E-state index in [9.17, 15) is 13.2 Å². The molecule has 0 amide bonds. The van der Waals surface area contributed by atoms with Gasteiger partial charge in [-0.25, -0.2) is 13.1 Å². The van der Waals surface area contributed by atoms with E-state index in [0.29, 0.717) is 0 Å². The molecule has 7 heteroatoms. The van der Waals surface area contributed by atoms with Gasteiger partial charge in [0.15, 0.2) is 5.75 Å². The molecule has 0 heterocycles. The van der Waals surface area contributed by atoms with Crippen LogP contribution in [0.1, 0.15) is 13.3 Å². The van der Waals surface area contributed by atoms with Crippen molar-refractivity contribution >= 4 is 16.0 Å². The van der Waals surface area contributed by atoms with Gasteiger partial charge in [0.1, 0.15) is 6.04 Å². The Labute approximate surface area is 76.2 Å². The second-order valence-electron chi connectivity index (χ2n) is 2.33. The smallest absolute Gasteiger partial charge is 0.321 e. The summed E-state index contributed by atoms with van der Waals surface area (Å²) in [5.74, 6) is -1.97. The average molecular weight is 206 g/mol. The van der Waals surface area contributed by atoms with Gasteiger partial charge in [-0.15, -0.1) is 0 Å². The second-order valence-corrected chi connectivity index (χ2v) is 4.09. The zero-order valence-corrected chi connectivity index (χ0v) is 7.84. The Morgan fingerprint density at radius 2 is 2.23 bits per heavy atom. The molecule has 13 heavy (non-hydrogen) atoms. The predicted octanol–water partition coefficient (Wildman–Crippen LogP) is -0.707. The van der Waals surface area contributed by atoms with Crippen LogP contribution < -0.4 is 4.72 Å². The molecule has 0 aromatic heterocycles. The van der Waals surface area contributed by atoms with Crippen LogP contribution in [0.25, 0.3) is 0 Å². The van der Waals surface area contributed by atoms with Crippen LogP contribution >= 0.6 is 0 Å². The van der Waals surface area contributed by atoms with E-state index in [0.717, 1.165) is 0 Å². The SMILES string of the molecule is CC[C@@H](NS(=O)(=O)CC#N)C(=O)O. The number of sulfonamides is 1. The molecule has 74 valence electrons. The molecular weight excluding hydrogens is 196 g/mol. The first-order chi connectivity index (χ1) is 5.93. The summed E-state index contributed by atoms with van der Waals surface area (Å²) in [5, 5.41) is 16.6. The number of nitriles is 1. The number of carbonyl (C=O) groups is 1. The van der Waals surface area contributed by atoms with Crippen molar-refractivity contribution < 1.29 is 18.3 Å². The van der Waals surface area contributed by atoms with Gasteiger partial charge in [-0.1, -0.05) is 6.92 Å². The minimum absolute atomic E-state index is 0.139. The van der Waals surface area contributed by atoms with Gasteiger partial charge < -0.3 is 5.11 Å². The summed E-state index contributed by atoms with van der Waals surface area (Å²) in [6.45, 7) is 1.54. The van der Waals surface area contributed by atoms with E-state index >= 15 is 0 Å². The average Bonchev–Trinajstić information content (AvgIpc) is 1.99. The summed E-state index contributed by atoms with van der Waals surface area (Å²) < 4.78 is 23.7. The molecule has 2 N–H and O–H groups in total. The third kappa shape index (κ3) is 4.45. The molecule has 0 rings (SSSR count). The van der Waals surface area contributed by atoms with Crippen molar-refractivity contribution in [2.75, 3.05) is 5.75 Å². The van der Waals surface area contributed by atoms with E-state index in [1.165, 1.54) is 13.0 Å². The van der Waals surface area contributed by atoms with E-state index < -0.39 is 27.8 Å². The van der Waals surface area contributed by atoms with Crippen molar-refractivity contribution in [3.05, 3.63) is 0 Å². The first kappa shape index (κ1) is 11.9. The highest BCUT2D eigenvalue weighted by molar-refractivity contribution is 7.89. The number of aliphatic carboxylic acids is 1. The van der Waals surface area contributed by atoms with Crippen LogP contribution in [-0.2, 0) is 14.8 Å². The van der Waals surface area contributed by atoms with Crippen molar-refractivity contribution in [1.29, 1.82) is 5.26 Å². The summed E-state index contributed by atoms with van der Waals surface area (Å²) >= 11 is 0. The lowest BCUT2D eigenvalue weighted by Crippen LogP contribution is -2.41. The van der Waals surface area contributed by atoms with Crippen LogP contribution in [0.4, 0.5) is 0 Å². The molecule has 0 aliphatic carbocycles. The largest absolute Gasteiger partial charge is 0.480 e. The minimum Gasteiger partial charge on any atom is -0.480 e. The molecule has 1 atom stereocenters. The van der Waals surface area contributed by atoms with Gasteiger partial charge in [0.05, 0.1) is 6.07 Å². The van der Waals surface area contributed by atoms with E-state index in [2.05, 4.69) is 0 Å². The summed E-state index contributed by atoms with van der Waals surface area (Å²) in [4.78, 5) is 10.4. The molecule has 0 aromatic rings. The van der Waals surface area contributed by atoms with E-state index in [-0.39, 0.29) is 6.42 Å². The number of rotatable bonds is 5. The fraction of sp³-hybridized carbons (Fsp3) is 0.667. The number of carboxylic acid groups (broad SMARTS) is 1. The Balaban J connectivity index is 4.42. The summed E-state index contributed by atoms with van der Waals surface area (Å²) in [5.41, 5.74) is 0. The maximum absolute atomic E-state index is 10.9. The van der Waals surface area contributed by atoms with Crippen molar-refractivity contribution in [2.24, 2.45) is 0 Å². The van der Waals surface area contributed by atoms with Crippen molar-refractivity contribution in [2.45, 2.75) is 19.4 Å². The molecule has 0 unspecified atom stereocenters. The Kier molecular flexibility index (Phi) is 4.37. The van der Waals surface area contributed by atoms with Crippen LogP contribution in [-0.4, -0.2) is 31.3 Å². The van der Waals surface area contributed by atoms with Crippen molar-refractivity contribution in [3.8, 4) is 6.07 Å². The lowest BCUT2D eigenvalue weighted by molar-refractivity contribution is -0.139. The molecule has 0 radical (unpaired) electrons. The van der Waals surface area contributed by atoms with E-state index in [1.54, 1.807) is 0 Å². The standard InChI is InChI=1S/C6H10N2O4S/c1-2-5(6(9)10)8-13(11,12)4-3-7/h5,8H,2,4H2,1H3,(H,9,10)/t5-/m1/s1. The van der Waals surface area contributed by atoms with Gasteiger partial charge in [-0.05, 0) is 6.42 Å². The van der Waals surface area contributed by atoms with E-state index in [1.807, 2.05) is 4.72 Å². The maximum Gasteiger partial charge on any atom is 0.321 e. The Morgan fingerprint density at radius 3 is 2.54 bits per heavy atom. The van der Waals surface area contributed by atoms with Crippen LogP contribution in [0.15, 0.2) is 0 Å². The summed E-state index contributed by atoms with van der Waals surface area (Å²) in [6, 6.07) is 0.279. The summed E-state index contributed by atoms with van der Waals surface area (Å²) in [7, 11) is -3.78. The maximum atomic E-state index is 10.9. The highest BCUT2D eigenvalue weighted by Crippen LogP contribution is 1.94. The summed E-state index contributed by atoms with van der Waals surface area (Å²) in [6.07, 6.45) is 0.139. The Morgan fingerprint density at radius 1 is 1.69 bits per heavy atom. The molecule has 6 nitrogen and oxygen atoms in total. The molecule has 0 spiro atoms. The molecule has 0 bridgehead atoms. The van der Waals surface area contributed by atoms with Gasteiger partial charge >= 0.3 is 5.97 Å². The van der Waals surface area contributed by atoms with Gasteiger partial charge in [0, 0.05) is 0 Å². The van der Waals surface area contributed by atoms with Crippen LogP contribution in [0, 0.1) is 11.3 Å². The fourth-order valence-electron chi connectivity index (χ4n) is 0.652. The zero-order chi connectivity index (χ0) is 10.5. The molecule has 0 aliphatic rings. The molecule has 0 saturated heterocycles. The highest BCUT2D eigenvalue weighted by Gasteiger charge is 2.21. The zero-order valence-electron chi connectivity index (χ0n) is 7.02. The quantitative estimate of drug-likeness (QED) is 0.618. The van der Waals surface area contributed by atoms with Gasteiger partial charge in [-0.2, -0.15) is 5.26 Å². The lowest BCUT2D eigenvalue weighted by Gasteiger charge is -2.10. The van der Waals surface area contributed by atoms with Crippen LogP contribution in [0.2, 0.25) is 0 Å². The van der Waals surface area contributed by atoms with Crippen molar-refractivity contribution in [3.63, 3.8) is 0 Å². The molecule has 0 saturated carbocycles. The van der Waals surface area contributed by atoms with E-state index in [4.69, 9.17) is 10.4 Å². The first-order valence-electron chi connectivity index (χ1n) is 3.52. The second kappa shape index (κ2) is 4.79. The Bertz CT molecular complexity index is 316. The molecule has 0 aliphatic heterocycles. The molecule has 0 fully saturated rings. The molecule has 0 aromatic carbocycles. The lowest BCUT2D eigenvalue weighted by atomic mass is 10.2. The third-order valence-electron chi connectivity index (χ3n) is 1.28. The van der Waals surface area contributed by atoms with Crippen LogP contribution in [0.5, 0.6) is 0 Å². The monoisotopic (exact) mass is 206 g/mol.